The number of hydrogen-bond donors (Lipinski definition) is 1. The quantitative estimate of drug-likeness (QED) is 0.640. The summed E-state index contributed by atoms with van der Waals surface area (Å²) in [4.78, 5) is 11.0. The molecule has 28 heavy (non-hydrogen) atoms. The van der Waals surface area contributed by atoms with E-state index in [1.807, 2.05) is 24.3 Å². The molecular formula is C25H24O3. The largest absolute Gasteiger partial charge is 0.487 e. The Hall–Kier alpha value is -3.07. The fraction of sp³-hybridized carbons (Fsp3) is 0.240. The maximum Gasteiger partial charge on any atom is 0.335 e. The Bertz CT molecular complexity index is 1020. The van der Waals surface area contributed by atoms with Crippen LogP contribution in [0.1, 0.15) is 40.4 Å². The molecule has 0 spiro atoms. The van der Waals surface area contributed by atoms with Crippen molar-refractivity contribution in [3.63, 3.8) is 0 Å². The molecule has 0 aliphatic carbocycles. The van der Waals surface area contributed by atoms with Crippen LogP contribution in [0.25, 0.3) is 11.1 Å². The van der Waals surface area contributed by atoms with Gasteiger partial charge in [-0.15, -0.1) is 0 Å². The third-order valence-corrected chi connectivity index (χ3v) is 5.63. The minimum atomic E-state index is -0.904. The summed E-state index contributed by atoms with van der Waals surface area (Å²) in [7, 11) is 0. The fourth-order valence-corrected chi connectivity index (χ4v) is 3.91. The van der Waals surface area contributed by atoms with Gasteiger partial charge in [0.1, 0.15) is 11.4 Å². The van der Waals surface area contributed by atoms with Gasteiger partial charge < -0.3 is 9.84 Å². The van der Waals surface area contributed by atoms with Gasteiger partial charge in [0.2, 0.25) is 0 Å². The third kappa shape index (κ3) is 3.65. The van der Waals surface area contributed by atoms with Gasteiger partial charge in [0.05, 0.1) is 5.56 Å². The first-order valence-electron chi connectivity index (χ1n) is 9.64. The lowest BCUT2D eigenvalue weighted by atomic mass is 9.85. The van der Waals surface area contributed by atoms with Crippen LogP contribution in [-0.2, 0) is 12.8 Å². The van der Waals surface area contributed by atoms with Crippen molar-refractivity contribution in [1.82, 2.24) is 0 Å². The van der Waals surface area contributed by atoms with E-state index in [1.54, 1.807) is 12.1 Å². The second kappa shape index (κ2) is 7.16. The summed E-state index contributed by atoms with van der Waals surface area (Å²) >= 11 is 0. The highest BCUT2D eigenvalue weighted by atomic mass is 16.5. The van der Waals surface area contributed by atoms with Crippen molar-refractivity contribution in [2.24, 2.45) is 0 Å². The Morgan fingerprint density at radius 1 is 1.04 bits per heavy atom. The van der Waals surface area contributed by atoms with E-state index in [2.05, 4.69) is 44.2 Å². The zero-order valence-electron chi connectivity index (χ0n) is 16.2. The Labute approximate surface area is 165 Å². The van der Waals surface area contributed by atoms with Gasteiger partial charge in [0.25, 0.3) is 0 Å². The molecule has 1 aliphatic rings. The minimum absolute atomic E-state index is 0.205. The van der Waals surface area contributed by atoms with Crippen molar-refractivity contribution in [3.05, 3.63) is 89.0 Å². The molecule has 3 nitrogen and oxygen atoms in total. The monoisotopic (exact) mass is 372 g/mol. The minimum Gasteiger partial charge on any atom is -0.487 e. The van der Waals surface area contributed by atoms with Gasteiger partial charge in [-0.1, -0.05) is 42.5 Å². The standard InChI is InChI=1S/C25H24O3/c1-17-5-3-4-6-22(17)16-25(2)14-13-21-15-20(11-12-23(21)28-25)18-7-9-19(10-8-18)24(26)27/h3-12,15H,13-14,16H2,1-2H3,(H,26,27)/t25-/m0/s1. The highest BCUT2D eigenvalue weighted by molar-refractivity contribution is 5.88. The summed E-state index contributed by atoms with van der Waals surface area (Å²) in [6, 6.07) is 21.8. The Kier molecular flexibility index (Phi) is 4.68. The topological polar surface area (TPSA) is 46.5 Å². The lowest BCUT2D eigenvalue weighted by molar-refractivity contribution is 0.0652. The van der Waals surface area contributed by atoms with Crippen LogP contribution in [0.3, 0.4) is 0 Å². The first kappa shape index (κ1) is 18.3. The third-order valence-electron chi connectivity index (χ3n) is 5.63. The lowest BCUT2D eigenvalue weighted by Crippen LogP contribution is -2.38. The van der Waals surface area contributed by atoms with Crippen LogP contribution < -0.4 is 4.74 Å². The number of aryl methyl sites for hydroxylation is 2. The number of carboxylic acid groups (broad SMARTS) is 1. The van der Waals surface area contributed by atoms with Gasteiger partial charge in [-0.05, 0) is 78.8 Å². The number of aromatic carboxylic acids is 1. The Morgan fingerprint density at radius 2 is 1.75 bits per heavy atom. The molecule has 0 saturated heterocycles. The first-order valence-corrected chi connectivity index (χ1v) is 9.64. The SMILES string of the molecule is Cc1ccccc1C[C@]1(C)CCc2cc(-c3ccc(C(=O)O)cc3)ccc2O1. The molecule has 0 bridgehead atoms. The molecule has 0 amide bonds. The van der Waals surface area contributed by atoms with Crippen LogP contribution in [0.2, 0.25) is 0 Å². The molecule has 1 atom stereocenters. The molecule has 4 rings (SSSR count). The van der Waals surface area contributed by atoms with E-state index in [9.17, 15) is 4.79 Å². The summed E-state index contributed by atoms with van der Waals surface area (Å²) in [5.41, 5.74) is 6.05. The van der Waals surface area contributed by atoms with Gasteiger partial charge in [0.15, 0.2) is 0 Å². The molecule has 0 unspecified atom stereocenters. The maximum atomic E-state index is 11.0. The summed E-state index contributed by atoms with van der Waals surface area (Å²) in [5.74, 6) is 0.0477. The molecule has 1 aliphatic heterocycles. The molecule has 3 heteroatoms. The van der Waals surface area contributed by atoms with Crippen LogP contribution in [0, 0.1) is 6.92 Å². The number of carboxylic acids is 1. The van der Waals surface area contributed by atoms with Gasteiger partial charge >= 0.3 is 5.97 Å². The van der Waals surface area contributed by atoms with Crippen molar-refractivity contribution in [2.75, 3.05) is 0 Å². The van der Waals surface area contributed by atoms with E-state index in [-0.39, 0.29) is 5.60 Å². The summed E-state index contributed by atoms with van der Waals surface area (Å²) in [6.45, 7) is 4.35. The molecule has 3 aromatic carbocycles. The van der Waals surface area contributed by atoms with Crippen LogP contribution in [0.5, 0.6) is 5.75 Å². The smallest absolute Gasteiger partial charge is 0.335 e. The summed E-state index contributed by atoms with van der Waals surface area (Å²) in [5, 5.41) is 9.06. The number of rotatable bonds is 4. The second-order valence-electron chi connectivity index (χ2n) is 7.86. The predicted molar refractivity (Wildman–Crippen MR) is 111 cm³/mol. The highest BCUT2D eigenvalue weighted by Crippen LogP contribution is 2.37. The number of carbonyl (C=O) groups is 1. The molecule has 142 valence electrons. The van der Waals surface area contributed by atoms with Crippen LogP contribution in [-0.4, -0.2) is 16.7 Å². The van der Waals surface area contributed by atoms with Gasteiger partial charge in [-0.25, -0.2) is 4.79 Å². The molecular weight excluding hydrogens is 348 g/mol. The molecule has 0 radical (unpaired) electrons. The Balaban J connectivity index is 1.56. The normalized spacial score (nSPS) is 18.2. The molecule has 0 saturated carbocycles. The second-order valence-corrected chi connectivity index (χ2v) is 7.86. The molecule has 3 aromatic rings. The average Bonchev–Trinajstić information content (AvgIpc) is 2.69. The first-order chi connectivity index (χ1) is 13.4. The van der Waals surface area contributed by atoms with Crippen molar-refractivity contribution < 1.29 is 14.6 Å². The van der Waals surface area contributed by atoms with E-state index in [0.29, 0.717) is 5.56 Å². The average molecular weight is 372 g/mol. The molecule has 0 fully saturated rings. The maximum absolute atomic E-state index is 11.0. The van der Waals surface area contributed by atoms with Crippen LogP contribution >= 0.6 is 0 Å². The molecule has 1 heterocycles. The van der Waals surface area contributed by atoms with E-state index in [4.69, 9.17) is 9.84 Å². The van der Waals surface area contributed by atoms with Crippen molar-refractivity contribution >= 4 is 5.97 Å². The van der Waals surface area contributed by atoms with Crippen molar-refractivity contribution in [1.29, 1.82) is 0 Å². The van der Waals surface area contributed by atoms with Crippen LogP contribution in [0.4, 0.5) is 0 Å². The zero-order valence-corrected chi connectivity index (χ0v) is 16.2. The van der Waals surface area contributed by atoms with Gasteiger partial charge in [0, 0.05) is 6.42 Å². The van der Waals surface area contributed by atoms with Crippen LogP contribution in [0.15, 0.2) is 66.7 Å². The molecule has 1 N–H and O–H groups in total. The summed E-state index contributed by atoms with van der Waals surface area (Å²) < 4.78 is 6.44. The van der Waals surface area contributed by atoms with Gasteiger partial charge in [-0.2, -0.15) is 0 Å². The summed E-state index contributed by atoms with van der Waals surface area (Å²) in [6.07, 6.45) is 2.84. The molecule has 0 aromatic heterocycles. The predicted octanol–water partition coefficient (Wildman–Crippen LogP) is 5.69. The van der Waals surface area contributed by atoms with E-state index in [0.717, 1.165) is 36.1 Å². The van der Waals surface area contributed by atoms with Gasteiger partial charge in [-0.3, -0.25) is 0 Å². The Morgan fingerprint density at radius 3 is 2.46 bits per heavy atom. The van der Waals surface area contributed by atoms with Crippen molar-refractivity contribution in [3.8, 4) is 16.9 Å². The van der Waals surface area contributed by atoms with E-state index >= 15 is 0 Å². The number of hydrogen-bond acceptors (Lipinski definition) is 2. The van der Waals surface area contributed by atoms with E-state index < -0.39 is 5.97 Å². The number of benzene rings is 3. The highest BCUT2D eigenvalue weighted by Gasteiger charge is 2.32. The van der Waals surface area contributed by atoms with Crippen molar-refractivity contribution in [2.45, 2.75) is 38.7 Å². The number of ether oxygens (including phenoxy) is 1. The lowest BCUT2D eigenvalue weighted by Gasteiger charge is -2.36. The zero-order chi connectivity index (χ0) is 19.7. The fourth-order valence-electron chi connectivity index (χ4n) is 3.91. The van der Waals surface area contributed by atoms with E-state index in [1.165, 1.54) is 16.7 Å². The number of fused-ring (bicyclic) bond motifs is 1.